The summed E-state index contributed by atoms with van der Waals surface area (Å²) in [5.74, 6) is 1.07. The SMILES string of the molecule is Cc1oc(-c2ccccc2)nc1COc1ccc(COc2cccnc2C(=O)O)cc1. The van der Waals surface area contributed by atoms with Gasteiger partial charge in [-0.3, -0.25) is 0 Å². The number of ether oxygens (including phenoxy) is 2. The number of rotatable bonds is 8. The highest BCUT2D eigenvalue weighted by molar-refractivity contribution is 5.88. The van der Waals surface area contributed by atoms with Crippen molar-refractivity contribution in [3.05, 3.63) is 95.6 Å². The van der Waals surface area contributed by atoms with Crippen LogP contribution in [0.15, 0.2) is 77.3 Å². The molecule has 156 valence electrons. The Morgan fingerprint density at radius 3 is 2.48 bits per heavy atom. The normalized spacial score (nSPS) is 10.6. The Balaban J connectivity index is 1.35. The largest absolute Gasteiger partial charge is 0.487 e. The van der Waals surface area contributed by atoms with Crippen LogP contribution in [0.4, 0.5) is 0 Å². The summed E-state index contributed by atoms with van der Waals surface area (Å²) >= 11 is 0. The van der Waals surface area contributed by atoms with Gasteiger partial charge >= 0.3 is 5.97 Å². The molecule has 0 spiro atoms. The van der Waals surface area contributed by atoms with Crippen LogP contribution in [0.25, 0.3) is 11.5 Å². The third kappa shape index (κ3) is 4.90. The number of benzene rings is 2. The second-order valence-corrected chi connectivity index (χ2v) is 6.76. The molecule has 0 unspecified atom stereocenters. The van der Waals surface area contributed by atoms with Gasteiger partial charge in [-0.2, -0.15) is 0 Å². The zero-order valence-corrected chi connectivity index (χ0v) is 16.8. The van der Waals surface area contributed by atoms with Gasteiger partial charge in [-0.1, -0.05) is 30.3 Å². The van der Waals surface area contributed by atoms with E-state index in [2.05, 4.69) is 9.97 Å². The summed E-state index contributed by atoms with van der Waals surface area (Å²) in [4.78, 5) is 19.6. The molecule has 0 aliphatic heterocycles. The predicted molar refractivity (Wildman–Crippen MR) is 113 cm³/mol. The minimum absolute atomic E-state index is 0.111. The molecule has 1 N–H and O–H groups in total. The molecule has 0 atom stereocenters. The van der Waals surface area contributed by atoms with E-state index in [9.17, 15) is 4.79 Å². The van der Waals surface area contributed by atoms with Crippen LogP contribution in [0, 0.1) is 6.92 Å². The number of carboxylic acids is 1. The number of carboxylic acid groups (broad SMARTS) is 1. The van der Waals surface area contributed by atoms with E-state index in [1.165, 1.54) is 6.20 Å². The molecule has 7 heteroatoms. The van der Waals surface area contributed by atoms with Crippen molar-refractivity contribution in [1.29, 1.82) is 0 Å². The maximum absolute atomic E-state index is 11.2. The summed E-state index contributed by atoms with van der Waals surface area (Å²) in [5, 5.41) is 9.17. The Morgan fingerprint density at radius 1 is 0.968 bits per heavy atom. The fourth-order valence-corrected chi connectivity index (χ4v) is 2.93. The molecule has 0 aliphatic rings. The highest BCUT2D eigenvalue weighted by Crippen LogP contribution is 2.23. The number of aromatic carboxylic acids is 1. The minimum atomic E-state index is -1.13. The molecule has 0 amide bonds. The standard InChI is InChI=1S/C24H20N2O5/c1-16-20(26-23(31-16)18-6-3-2-4-7-18)15-29-19-11-9-17(10-12-19)14-30-21-8-5-13-25-22(21)24(27)28/h2-13H,14-15H2,1H3,(H,27,28). The van der Waals surface area contributed by atoms with E-state index in [1.54, 1.807) is 12.1 Å². The van der Waals surface area contributed by atoms with Gasteiger partial charge in [0.15, 0.2) is 11.4 Å². The highest BCUT2D eigenvalue weighted by atomic mass is 16.5. The zero-order valence-electron chi connectivity index (χ0n) is 16.8. The summed E-state index contributed by atoms with van der Waals surface area (Å²) in [7, 11) is 0. The van der Waals surface area contributed by atoms with Gasteiger partial charge in [0.05, 0.1) is 0 Å². The van der Waals surface area contributed by atoms with E-state index >= 15 is 0 Å². The minimum Gasteiger partial charge on any atom is -0.487 e. The van der Waals surface area contributed by atoms with Crippen molar-refractivity contribution in [2.75, 3.05) is 0 Å². The summed E-state index contributed by atoms with van der Waals surface area (Å²) in [6.07, 6.45) is 1.42. The molecule has 0 bridgehead atoms. The maximum Gasteiger partial charge on any atom is 0.358 e. The average molecular weight is 416 g/mol. The topological polar surface area (TPSA) is 94.7 Å². The third-order valence-electron chi connectivity index (χ3n) is 4.58. The van der Waals surface area contributed by atoms with Crippen LogP contribution in [0.1, 0.15) is 27.5 Å². The lowest BCUT2D eigenvalue weighted by molar-refractivity contribution is 0.0685. The molecular weight excluding hydrogens is 396 g/mol. The van der Waals surface area contributed by atoms with Crippen LogP contribution in [-0.4, -0.2) is 21.0 Å². The van der Waals surface area contributed by atoms with Crippen molar-refractivity contribution in [2.45, 2.75) is 20.1 Å². The molecule has 0 fully saturated rings. The van der Waals surface area contributed by atoms with E-state index in [0.29, 0.717) is 11.6 Å². The van der Waals surface area contributed by atoms with Crippen LogP contribution in [0.3, 0.4) is 0 Å². The monoisotopic (exact) mass is 416 g/mol. The first-order valence-electron chi connectivity index (χ1n) is 9.65. The number of oxazole rings is 1. The van der Waals surface area contributed by atoms with Gasteiger partial charge in [0, 0.05) is 11.8 Å². The number of pyridine rings is 1. The molecule has 0 radical (unpaired) electrons. The quantitative estimate of drug-likeness (QED) is 0.436. The van der Waals surface area contributed by atoms with Gasteiger partial charge < -0.3 is 19.0 Å². The predicted octanol–water partition coefficient (Wildman–Crippen LogP) is 4.90. The van der Waals surface area contributed by atoms with Crippen LogP contribution in [-0.2, 0) is 13.2 Å². The van der Waals surface area contributed by atoms with E-state index in [4.69, 9.17) is 19.0 Å². The van der Waals surface area contributed by atoms with Crippen LogP contribution in [0.5, 0.6) is 11.5 Å². The van der Waals surface area contributed by atoms with Crippen molar-refractivity contribution in [3.63, 3.8) is 0 Å². The molecule has 0 saturated carbocycles. The molecule has 0 aliphatic carbocycles. The van der Waals surface area contributed by atoms with Crippen molar-refractivity contribution in [1.82, 2.24) is 9.97 Å². The third-order valence-corrected chi connectivity index (χ3v) is 4.58. The van der Waals surface area contributed by atoms with Gasteiger partial charge in [0.25, 0.3) is 0 Å². The lowest BCUT2D eigenvalue weighted by Gasteiger charge is -2.09. The summed E-state index contributed by atoms with van der Waals surface area (Å²) in [6, 6.07) is 20.3. The molecule has 31 heavy (non-hydrogen) atoms. The number of carbonyl (C=O) groups is 1. The molecule has 4 aromatic rings. The van der Waals surface area contributed by atoms with Crippen LogP contribution >= 0.6 is 0 Å². The lowest BCUT2D eigenvalue weighted by Crippen LogP contribution is -2.05. The second kappa shape index (κ2) is 9.13. The fourth-order valence-electron chi connectivity index (χ4n) is 2.93. The van der Waals surface area contributed by atoms with E-state index in [1.807, 2.05) is 61.5 Å². The summed E-state index contributed by atoms with van der Waals surface area (Å²) in [6.45, 7) is 2.37. The highest BCUT2D eigenvalue weighted by Gasteiger charge is 2.13. The molecule has 2 aromatic heterocycles. The van der Waals surface area contributed by atoms with Gasteiger partial charge in [0.2, 0.25) is 5.89 Å². The molecule has 2 heterocycles. The van der Waals surface area contributed by atoms with Crippen molar-refractivity contribution in [3.8, 4) is 23.0 Å². The Kier molecular flexibility index (Phi) is 5.93. The number of nitrogens with zero attached hydrogens (tertiary/aromatic N) is 2. The smallest absolute Gasteiger partial charge is 0.358 e. The molecule has 0 saturated heterocycles. The lowest BCUT2D eigenvalue weighted by atomic mass is 10.2. The van der Waals surface area contributed by atoms with Crippen molar-refractivity contribution < 1.29 is 23.8 Å². The Labute approximate surface area is 178 Å². The van der Waals surface area contributed by atoms with Crippen molar-refractivity contribution >= 4 is 5.97 Å². The zero-order chi connectivity index (χ0) is 21.6. The van der Waals surface area contributed by atoms with E-state index in [0.717, 1.165) is 22.6 Å². The molecule has 4 rings (SSSR count). The van der Waals surface area contributed by atoms with Gasteiger partial charge in [-0.15, -0.1) is 0 Å². The van der Waals surface area contributed by atoms with Gasteiger partial charge in [-0.05, 0) is 48.9 Å². The second-order valence-electron chi connectivity index (χ2n) is 6.76. The van der Waals surface area contributed by atoms with Crippen LogP contribution < -0.4 is 9.47 Å². The van der Waals surface area contributed by atoms with Gasteiger partial charge in [0.1, 0.15) is 30.4 Å². The first kappa shape index (κ1) is 20.2. The Morgan fingerprint density at radius 2 is 1.74 bits per heavy atom. The maximum atomic E-state index is 11.2. The van der Waals surface area contributed by atoms with Crippen LogP contribution in [0.2, 0.25) is 0 Å². The van der Waals surface area contributed by atoms with Crippen molar-refractivity contribution in [2.24, 2.45) is 0 Å². The Hall–Kier alpha value is -4.13. The Bertz CT molecular complexity index is 1170. The first-order chi connectivity index (χ1) is 15.1. The number of aryl methyl sites for hydroxylation is 1. The number of hydrogen-bond acceptors (Lipinski definition) is 6. The fraction of sp³-hybridized carbons (Fsp3) is 0.125. The van der Waals surface area contributed by atoms with E-state index < -0.39 is 5.97 Å². The first-order valence-corrected chi connectivity index (χ1v) is 9.65. The molecular formula is C24H20N2O5. The molecule has 2 aromatic carbocycles. The number of hydrogen-bond donors (Lipinski definition) is 1. The molecule has 7 nitrogen and oxygen atoms in total. The average Bonchev–Trinajstić information content (AvgIpc) is 3.18. The summed E-state index contributed by atoms with van der Waals surface area (Å²) in [5.41, 5.74) is 2.42. The summed E-state index contributed by atoms with van der Waals surface area (Å²) < 4.78 is 17.2. The van der Waals surface area contributed by atoms with E-state index in [-0.39, 0.29) is 24.7 Å². The van der Waals surface area contributed by atoms with Gasteiger partial charge in [-0.25, -0.2) is 14.8 Å². The number of aromatic nitrogens is 2.